The van der Waals surface area contributed by atoms with Crippen LogP contribution in [0.25, 0.3) is 11.1 Å². The van der Waals surface area contributed by atoms with Gasteiger partial charge in [0.2, 0.25) is 0 Å². The van der Waals surface area contributed by atoms with Gasteiger partial charge in [0, 0.05) is 80.4 Å². The van der Waals surface area contributed by atoms with Crippen molar-refractivity contribution in [3.05, 3.63) is 155 Å². The maximum atomic E-state index is 9.05. The maximum absolute atomic E-state index is 9.05. The molecule has 0 aliphatic rings. The molecule has 5 rings (SSSR count). The summed E-state index contributed by atoms with van der Waals surface area (Å²) in [6, 6.07) is 46.3. The molecule has 0 unspecified atom stereocenters. The minimum Gasteiger partial charge on any atom is -0.378 e. The maximum Gasteiger partial charge on any atom is 0.199 e. The smallest absolute Gasteiger partial charge is 0.199 e. The standard InChI is InChI=1S/C26H23N5.C20H19N5.5C2H6.V/c1-29-26(30-2,24-13-15-25(16-14-24)31(3)4)23-11-9-20(10-12-23)19-5-7-21(8-6-19)22(17-27)18-28;1-23-20(24-2,18-9-11-19(12-10-18)25(3)4)17-7-5-15(6-8-17)16(13-21)14-22;5*1-2;/h5-16,22H,1-2H2,3-4H3;5-12,16H,1-2H2,3-4H3;5*1-2H3;. The molecule has 0 fully saturated rings. The summed E-state index contributed by atoms with van der Waals surface area (Å²) in [5, 5.41) is 36.1. The van der Waals surface area contributed by atoms with Crippen molar-refractivity contribution >= 4 is 38.2 Å². The zero-order valence-corrected chi connectivity index (χ0v) is 43.8. The first-order valence-electron chi connectivity index (χ1n) is 22.4. The fraction of sp³-hybridized carbons (Fsp3) is 0.321. The van der Waals surface area contributed by atoms with Gasteiger partial charge in [-0.15, -0.1) is 0 Å². The van der Waals surface area contributed by atoms with Crippen molar-refractivity contribution in [3.63, 3.8) is 0 Å². The average Bonchev–Trinajstić information content (AvgIpc) is 3.40. The molecule has 0 N–H and O–H groups in total. The number of rotatable bonds is 13. The van der Waals surface area contributed by atoms with Crippen LogP contribution >= 0.6 is 0 Å². The average molecular weight is 936 g/mol. The minimum absolute atomic E-state index is 0. The Hall–Kier alpha value is -7.08. The van der Waals surface area contributed by atoms with Crippen molar-refractivity contribution in [1.29, 1.82) is 21.0 Å². The molecule has 0 saturated carbocycles. The number of benzene rings is 5. The van der Waals surface area contributed by atoms with Crippen molar-refractivity contribution in [2.24, 2.45) is 20.0 Å². The molecule has 0 spiro atoms. The van der Waals surface area contributed by atoms with Crippen LogP contribution in [0.5, 0.6) is 0 Å². The number of nitriles is 4. The van der Waals surface area contributed by atoms with Crippen LogP contribution in [0.4, 0.5) is 11.4 Å². The van der Waals surface area contributed by atoms with Crippen molar-refractivity contribution in [1.82, 2.24) is 0 Å². The molecule has 0 atom stereocenters. The van der Waals surface area contributed by atoms with Crippen LogP contribution in [0.3, 0.4) is 0 Å². The molecule has 0 amide bonds. The van der Waals surface area contributed by atoms with Crippen molar-refractivity contribution < 1.29 is 18.6 Å². The number of nitrogens with zero attached hydrogens (tertiary/aromatic N) is 10. The summed E-state index contributed by atoms with van der Waals surface area (Å²) in [4.78, 5) is 21.2. The SMILES string of the molecule is C=NC(N=C)(c1ccc(-c2ccc(C(C#N)C#N)cc2)cc1)c1ccc(N(C)C)cc1.C=NC(N=C)(c1ccc(C(C#N)C#N)cc1)c1ccc(N(C)C)cc1.CC.CC.CC.CC.CC.[V]. The Kier molecular flexibility index (Phi) is 33.8. The first-order valence-corrected chi connectivity index (χ1v) is 22.4. The molecule has 5 aromatic rings. The third kappa shape index (κ3) is 16.7. The van der Waals surface area contributed by atoms with Gasteiger partial charge in [0.25, 0.3) is 0 Å². The summed E-state index contributed by atoms with van der Waals surface area (Å²) < 4.78 is 0. The van der Waals surface area contributed by atoms with Crippen molar-refractivity contribution in [3.8, 4) is 35.4 Å². The second-order valence-corrected chi connectivity index (χ2v) is 13.1. The number of aliphatic imine (C=N–C) groups is 4. The molecule has 10 nitrogen and oxygen atoms in total. The normalized spacial score (nSPS) is 9.37. The molecule has 0 aliphatic heterocycles. The molecule has 5 aromatic carbocycles. The summed E-state index contributed by atoms with van der Waals surface area (Å²) in [7, 11) is 7.93. The van der Waals surface area contributed by atoms with Crippen molar-refractivity contribution in [2.75, 3.05) is 38.0 Å². The minimum atomic E-state index is -1.03. The van der Waals surface area contributed by atoms with Gasteiger partial charge in [-0.1, -0.05) is 166 Å². The van der Waals surface area contributed by atoms with Crippen LogP contribution in [-0.4, -0.2) is 55.1 Å². The Morgan fingerprint density at radius 1 is 0.373 bits per heavy atom. The van der Waals surface area contributed by atoms with Gasteiger partial charge >= 0.3 is 0 Å². The van der Waals surface area contributed by atoms with E-state index in [4.69, 9.17) is 21.0 Å². The van der Waals surface area contributed by atoms with Crippen LogP contribution < -0.4 is 9.80 Å². The molecular weight excluding hydrogens is 864 g/mol. The number of anilines is 2. The topological polar surface area (TPSA) is 151 Å². The molecule has 67 heavy (non-hydrogen) atoms. The zero-order valence-electron chi connectivity index (χ0n) is 42.4. The molecule has 351 valence electrons. The second-order valence-electron chi connectivity index (χ2n) is 13.1. The monoisotopic (exact) mass is 936 g/mol. The Morgan fingerprint density at radius 2 is 0.567 bits per heavy atom. The van der Waals surface area contributed by atoms with Gasteiger partial charge in [0.05, 0.1) is 24.3 Å². The van der Waals surface area contributed by atoms with Gasteiger partial charge in [0.1, 0.15) is 0 Å². The van der Waals surface area contributed by atoms with E-state index in [2.05, 4.69) is 46.8 Å². The van der Waals surface area contributed by atoms with Gasteiger partial charge in [0.15, 0.2) is 23.2 Å². The van der Waals surface area contributed by atoms with Gasteiger partial charge < -0.3 is 9.80 Å². The molecule has 0 aliphatic carbocycles. The molecule has 11 heteroatoms. The molecular formula is C56H72N10V. The van der Waals surface area contributed by atoms with E-state index in [9.17, 15) is 0 Å². The molecule has 1 radical (unpaired) electrons. The van der Waals surface area contributed by atoms with E-state index in [1.807, 2.05) is 229 Å². The number of hydrogen-bond donors (Lipinski definition) is 0. The third-order valence-corrected chi connectivity index (χ3v) is 9.52. The quantitative estimate of drug-likeness (QED) is 0.107. The van der Waals surface area contributed by atoms with Gasteiger partial charge in [-0.3, -0.25) is 20.0 Å². The van der Waals surface area contributed by atoms with E-state index in [1.165, 1.54) is 0 Å². The second kappa shape index (κ2) is 35.2. The largest absolute Gasteiger partial charge is 0.378 e. The first-order chi connectivity index (χ1) is 32.0. The predicted molar refractivity (Wildman–Crippen MR) is 284 cm³/mol. The summed E-state index contributed by atoms with van der Waals surface area (Å²) >= 11 is 0. The van der Waals surface area contributed by atoms with Gasteiger partial charge in [-0.25, -0.2) is 0 Å². The summed E-state index contributed by atoms with van der Waals surface area (Å²) in [5.41, 5.74) is 6.82. The van der Waals surface area contributed by atoms with E-state index < -0.39 is 23.2 Å². The Bertz CT molecular complexity index is 2280. The summed E-state index contributed by atoms with van der Waals surface area (Å²) in [5.74, 6) is -1.55. The molecule has 0 saturated heterocycles. The Morgan fingerprint density at radius 3 is 0.776 bits per heavy atom. The fourth-order valence-electron chi connectivity index (χ4n) is 6.17. The van der Waals surface area contributed by atoms with Crippen LogP contribution in [-0.2, 0) is 29.9 Å². The molecule has 0 aromatic heterocycles. The zero-order chi connectivity index (χ0) is 50.9. The van der Waals surface area contributed by atoms with Gasteiger partial charge in [-0.05, 0) is 73.4 Å². The van der Waals surface area contributed by atoms with E-state index in [0.717, 1.165) is 44.8 Å². The summed E-state index contributed by atoms with van der Waals surface area (Å²) in [6.45, 7) is 35.0. The first kappa shape index (κ1) is 64.2. The summed E-state index contributed by atoms with van der Waals surface area (Å²) in [6.07, 6.45) is 0. The molecule has 0 bridgehead atoms. The van der Waals surface area contributed by atoms with E-state index >= 15 is 0 Å². The van der Waals surface area contributed by atoms with E-state index in [-0.39, 0.29) is 18.6 Å². The van der Waals surface area contributed by atoms with Crippen molar-refractivity contribution in [2.45, 2.75) is 92.4 Å². The Labute approximate surface area is 416 Å². The van der Waals surface area contributed by atoms with Crippen LogP contribution in [0.15, 0.2) is 141 Å². The van der Waals surface area contributed by atoms with Crippen LogP contribution in [0.1, 0.15) is 114 Å². The Balaban J connectivity index is -0.00000103. The molecule has 0 heterocycles. The van der Waals surface area contributed by atoms with Crippen LogP contribution in [0, 0.1) is 45.3 Å². The van der Waals surface area contributed by atoms with E-state index in [1.54, 1.807) is 24.3 Å². The van der Waals surface area contributed by atoms with Gasteiger partial charge in [-0.2, -0.15) is 21.0 Å². The predicted octanol–water partition coefficient (Wildman–Crippen LogP) is 13.8. The third-order valence-electron chi connectivity index (χ3n) is 9.52. The number of hydrogen-bond acceptors (Lipinski definition) is 10. The fourth-order valence-corrected chi connectivity index (χ4v) is 6.17. The van der Waals surface area contributed by atoms with E-state index in [0.29, 0.717) is 11.1 Å². The van der Waals surface area contributed by atoms with Crippen LogP contribution in [0.2, 0.25) is 0 Å².